The van der Waals surface area contributed by atoms with Crippen LogP contribution in [0.2, 0.25) is 0 Å². The van der Waals surface area contributed by atoms with Crippen LogP contribution in [0.3, 0.4) is 0 Å². The van der Waals surface area contributed by atoms with E-state index in [-0.39, 0.29) is 5.60 Å². The second-order valence-corrected chi connectivity index (χ2v) is 4.97. The fraction of sp³-hybridized carbons (Fsp3) is 1.00. The SMILES string of the molecule is CCC(C)(CN(C)CCNC1CC1)OC. The van der Waals surface area contributed by atoms with Gasteiger partial charge in [0.2, 0.25) is 0 Å². The predicted molar refractivity (Wildman–Crippen MR) is 64.2 cm³/mol. The van der Waals surface area contributed by atoms with Gasteiger partial charge in [-0.1, -0.05) is 6.92 Å². The van der Waals surface area contributed by atoms with Crippen LogP contribution in [-0.4, -0.2) is 50.3 Å². The fourth-order valence-electron chi connectivity index (χ4n) is 1.72. The summed E-state index contributed by atoms with van der Waals surface area (Å²) in [5.41, 5.74) is 0.00826. The number of ether oxygens (including phenoxy) is 1. The van der Waals surface area contributed by atoms with Crippen molar-refractivity contribution in [2.45, 2.75) is 44.8 Å². The van der Waals surface area contributed by atoms with Crippen LogP contribution in [-0.2, 0) is 4.74 Å². The van der Waals surface area contributed by atoms with Gasteiger partial charge < -0.3 is 15.0 Å². The third-order valence-corrected chi connectivity index (χ3v) is 3.35. The van der Waals surface area contributed by atoms with Gasteiger partial charge in [-0.25, -0.2) is 0 Å². The first-order valence-electron chi connectivity index (χ1n) is 6.06. The maximum absolute atomic E-state index is 5.54. The van der Waals surface area contributed by atoms with Gasteiger partial charge in [0.1, 0.15) is 0 Å². The Hall–Kier alpha value is -0.120. The average Bonchev–Trinajstić information content (AvgIpc) is 3.01. The summed E-state index contributed by atoms with van der Waals surface area (Å²) in [6, 6.07) is 0.818. The molecule has 3 nitrogen and oxygen atoms in total. The summed E-state index contributed by atoms with van der Waals surface area (Å²) >= 11 is 0. The van der Waals surface area contributed by atoms with Crippen molar-refractivity contribution in [3.63, 3.8) is 0 Å². The molecule has 0 aromatic carbocycles. The molecule has 0 aliphatic heterocycles. The lowest BCUT2D eigenvalue weighted by atomic mass is 10.0. The highest BCUT2D eigenvalue weighted by Gasteiger charge is 2.23. The minimum absolute atomic E-state index is 0.00826. The Morgan fingerprint density at radius 2 is 2.13 bits per heavy atom. The molecule has 0 saturated heterocycles. The minimum atomic E-state index is 0.00826. The largest absolute Gasteiger partial charge is 0.377 e. The molecule has 0 radical (unpaired) electrons. The molecule has 0 aromatic rings. The molecule has 90 valence electrons. The molecule has 1 aliphatic carbocycles. The molecule has 0 spiro atoms. The van der Waals surface area contributed by atoms with E-state index in [2.05, 4.69) is 31.1 Å². The van der Waals surface area contributed by atoms with E-state index in [1.165, 1.54) is 12.8 Å². The second-order valence-electron chi connectivity index (χ2n) is 4.97. The fourth-order valence-corrected chi connectivity index (χ4v) is 1.72. The van der Waals surface area contributed by atoms with Crippen molar-refractivity contribution in [2.75, 3.05) is 33.8 Å². The molecule has 0 bridgehead atoms. The van der Waals surface area contributed by atoms with E-state index in [9.17, 15) is 0 Å². The van der Waals surface area contributed by atoms with Crippen molar-refractivity contribution in [3.8, 4) is 0 Å². The summed E-state index contributed by atoms with van der Waals surface area (Å²) in [6.45, 7) is 7.57. The Morgan fingerprint density at radius 1 is 1.47 bits per heavy atom. The molecule has 1 unspecified atom stereocenters. The van der Waals surface area contributed by atoms with Crippen LogP contribution in [0.25, 0.3) is 0 Å². The monoisotopic (exact) mass is 214 g/mol. The zero-order chi connectivity index (χ0) is 11.3. The van der Waals surface area contributed by atoms with Crippen molar-refractivity contribution in [1.82, 2.24) is 10.2 Å². The van der Waals surface area contributed by atoms with E-state index >= 15 is 0 Å². The Kier molecular flexibility index (Phi) is 5.03. The Morgan fingerprint density at radius 3 is 2.60 bits per heavy atom. The van der Waals surface area contributed by atoms with Gasteiger partial charge in [0.05, 0.1) is 5.60 Å². The van der Waals surface area contributed by atoms with E-state index in [0.717, 1.165) is 32.1 Å². The van der Waals surface area contributed by atoms with Gasteiger partial charge >= 0.3 is 0 Å². The Balaban J connectivity index is 2.11. The summed E-state index contributed by atoms with van der Waals surface area (Å²) < 4.78 is 5.54. The molecule has 1 saturated carbocycles. The molecule has 3 heteroatoms. The van der Waals surface area contributed by atoms with Crippen LogP contribution in [0.1, 0.15) is 33.1 Å². The normalized spacial score (nSPS) is 20.6. The van der Waals surface area contributed by atoms with Crippen LogP contribution in [0.5, 0.6) is 0 Å². The van der Waals surface area contributed by atoms with Crippen molar-refractivity contribution >= 4 is 0 Å². The van der Waals surface area contributed by atoms with Gasteiger partial charge in [-0.3, -0.25) is 0 Å². The van der Waals surface area contributed by atoms with E-state index < -0.39 is 0 Å². The van der Waals surface area contributed by atoms with E-state index in [1.54, 1.807) is 7.11 Å². The molecule has 1 N–H and O–H groups in total. The van der Waals surface area contributed by atoms with Gasteiger partial charge in [-0.15, -0.1) is 0 Å². The number of nitrogens with one attached hydrogen (secondary N) is 1. The molecule has 0 aromatic heterocycles. The summed E-state index contributed by atoms with van der Waals surface area (Å²) in [7, 11) is 3.97. The van der Waals surface area contributed by atoms with Gasteiger partial charge in [-0.2, -0.15) is 0 Å². The van der Waals surface area contributed by atoms with Gasteiger partial charge in [0.15, 0.2) is 0 Å². The van der Waals surface area contributed by atoms with Crippen LogP contribution in [0.15, 0.2) is 0 Å². The summed E-state index contributed by atoms with van der Waals surface area (Å²) in [5, 5.41) is 3.53. The predicted octanol–water partition coefficient (Wildman–Crippen LogP) is 1.49. The number of likely N-dealkylation sites (N-methyl/N-ethyl adjacent to an activating group) is 1. The summed E-state index contributed by atoms with van der Waals surface area (Å²) in [6.07, 6.45) is 3.80. The van der Waals surface area contributed by atoms with Gasteiger partial charge in [0, 0.05) is 32.8 Å². The molecule has 0 amide bonds. The highest BCUT2D eigenvalue weighted by Crippen LogP contribution is 2.18. The number of rotatable bonds is 8. The van der Waals surface area contributed by atoms with Gasteiger partial charge in [0.25, 0.3) is 0 Å². The topological polar surface area (TPSA) is 24.5 Å². The number of methoxy groups -OCH3 is 1. The zero-order valence-corrected chi connectivity index (χ0v) is 10.7. The first kappa shape index (κ1) is 12.9. The molecule has 1 atom stereocenters. The molecule has 1 fully saturated rings. The molecular weight excluding hydrogens is 188 g/mol. The van der Waals surface area contributed by atoms with Crippen LogP contribution < -0.4 is 5.32 Å². The van der Waals surface area contributed by atoms with E-state index in [0.29, 0.717) is 0 Å². The van der Waals surface area contributed by atoms with E-state index in [4.69, 9.17) is 4.74 Å². The van der Waals surface area contributed by atoms with E-state index in [1.807, 2.05) is 0 Å². The third kappa shape index (κ3) is 4.96. The maximum atomic E-state index is 5.54. The standard InChI is InChI=1S/C12H26N2O/c1-5-12(2,15-4)10-14(3)9-8-13-11-6-7-11/h11,13H,5-10H2,1-4H3. The van der Waals surface area contributed by atoms with Crippen molar-refractivity contribution < 1.29 is 4.74 Å². The quantitative estimate of drug-likeness (QED) is 0.662. The molecule has 15 heavy (non-hydrogen) atoms. The lowest BCUT2D eigenvalue weighted by Crippen LogP contribution is -2.42. The number of hydrogen-bond acceptors (Lipinski definition) is 3. The highest BCUT2D eigenvalue weighted by molar-refractivity contribution is 4.82. The zero-order valence-electron chi connectivity index (χ0n) is 10.7. The second kappa shape index (κ2) is 5.83. The van der Waals surface area contributed by atoms with Crippen LogP contribution in [0.4, 0.5) is 0 Å². The van der Waals surface area contributed by atoms with Crippen molar-refractivity contribution in [2.24, 2.45) is 0 Å². The van der Waals surface area contributed by atoms with Crippen molar-refractivity contribution in [1.29, 1.82) is 0 Å². The first-order chi connectivity index (χ1) is 7.09. The van der Waals surface area contributed by atoms with Crippen molar-refractivity contribution in [3.05, 3.63) is 0 Å². The molecule has 0 heterocycles. The number of nitrogens with zero attached hydrogens (tertiary/aromatic N) is 1. The number of hydrogen-bond donors (Lipinski definition) is 1. The Bertz CT molecular complexity index is 176. The third-order valence-electron chi connectivity index (χ3n) is 3.35. The summed E-state index contributed by atoms with van der Waals surface area (Å²) in [5.74, 6) is 0. The molecule has 1 aliphatic rings. The first-order valence-corrected chi connectivity index (χ1v) is 6.06. The summed E-state index contributed by atoms with van der Waals surface area (Å²) in [4.78, 5) is 2.35. The minimum Gasteiger partial charge on any atom is -0.377 e. The Labute approximate surface area is 94.2 Å². The smallest absolute Gasteiger partial charge is 0.0774 e. The van der Waals surface area contributed by atoms with Crippen LogP contribution in [0, 0.1) is 0 Å². The maximum Gasteiger partial charge on any atom is 0.0774 e. The molecular formula is C12H26N2O. The lowest BCUT2D eigenvalue weighted by Gasteiger charge is -2.31. The lowest BCUT2D eigenvalue weighted by molar-refractivity contribution is -0.0197. The highest BCUT2D eigenvalue weighted by atomic mass is 16.5. The van der Waals surface area contributed by atoms with Gasteiger partial charge in [-0.05, 0) is 33.2 Å². The average molecular weight is 214 g/mol. The molecule has 1 rings (SSSR count). The van der Waals surface area contributed by atoms with Crippen LogP contribution >= 0.6 is 0 Å².